The summed E-state index contributed by atoms with van der Waals surface area (Å²) in [4.78, 5) is 5.39. The van der Waals surface area contributed by atoms with Crippen LogP contribution in [0.2, 0.25) is 0 Å². The second-order valence-electron chi connectivity index (χ2n) is 2.55. The van der Waals surface area contributed by atoms with Crippen LogP contribution in [0, 0.1) is 18.3 Å². The fraction of sp³-hybridized carbons (Fsp3) is 0.111. The Labute approximate surface area is 74.1 Å². The number of thiophene rings is 1. The van der Waals surface area contributed by atoms with Crippen molar-refractivity contribution in [2.24, 2.45) is 0 Å². The molecule has 0 aliphatic carbocycles. The highest BCUT2D eigenvalue weighted by molar-refractivity contribution is 7.18. The highest BCUT2D eigenvalue weighted by Gasteiger charge is 1.99. The minimum absolute atomic E-state index is 0.486. The minimum atomic E-state index is 0.486. The summed E-state index contributed by atoms with van der Waals surface area (Å²) in [6.07, 6.45) is 0. The van der Waals surface area contributed by atoms with Gasteiger partial charge < -0.3 is 0 Å². The molecule has 0 saturated heterocycles. The minimum Gasteiger partial charge on any atom is -0.236 e. The fourth-order valence-electron chi connectivity index (χ4n) is 1.11. The standard InChI is InChI=1S/C9H6N2S/c1-6-4-8-9(12-6)3-2-7(5-10)11-8/h2-4H,1H3. The van der Waals surface area contributed by atoms with Crippen LogP contribution in [0.3, 0.4) is 0 Å². The molecule has 2 rings (SSSR count). The second kappa shape index (κ2) is 2.58. The monoisotopic (exact) mass is 174 g/mol. The topological polar surface area (TPSA) is 36.7 Å². The summed E-state index contributed by atoms with van der Waals surface area (Å²) in [5.74, 6) is 0. The van der Waals surface area contributed by atoms with Gasteiger partial charge in [-0.15, -0.1) is 11.3 Å². The first-order valence-corrected chi connectivity index (χ1v) is 4.38. The number of hydrogen-bond acceptors (Lipinski definition) is 3. The number of nitriles is 1. The van der Waals surface area contributed by atoms with Gasteiger partial charge in [0.2, 0.25) is 0 Å². The van der Waals surface area contributed by atoms with Gasteiger partial charge in [0.15, 0.2) is 0 Å². The molecule has 0 aromatic carbocycles. The third-order valence-corrected chi connectivity index (χ3v) is 2.62. The largest absolute Gasteiger partial charge is 0.236 e. The van der Waals surface area contributed by atoms with Crippen LogP contribution in [0.5, 0.6) is 0 Å². The lowest BCUT2D eigenvalue weighted by Crippen LogP contribution is -1.78. The third-order valence-electron chi connectivity index (χ3n) is 1.61. The van der Waals surface area contributed by atoms with E-state index in [2.05, 4.69) is 4.98 Å². The van der Waals surface area contributed by atoms with Crippen LogP contribution in [-0.2, 0) is 0 Å². The molecule has 0 atom stereocenters. The number of hydrogen-bond donors (Lipinski definition) is 0. The van der Waals surface area contributed by atoms with Crippen molar-refractivity contribution in [2.45, 2.75) is 6.92 Å². The number of pyridine rings is 1. The Morgan fingerprint density at radius 3 is 3.08 bits per heavy atom. The van der Waals surface area contributed by atoms with E-state index < -0.39 is 0 Å². The van der Waals surface area contributed by atoms with Crippen molar-refractivity contribution in [3.8, 4) is 6.07 Å². The van der Waals surface area contributed by atoms with Gasteiger partial charge in [0, 0.05) is 4.88 Å². The van der Waals surface area contributed by atoms with Gasteiger partial charge in [0.05, 0.1) is 10.2 Å². The molecule has 0 unspecified atom stereocenters. The lowest BCUT2D eigenvalue weighted by molar-refractivity contribution is 1.33. The predicted octanol–water partition coefficient (Wildman–Crippen LogP) is 2.48. The van der Waals surface area contributed by atoms with Gasteiger partial charge in [-0.05, 0) is 25.1 Å². The lowest BCUT2D eigenvalue weighted by atomic mass is 10.3. The molecule has 2 aromatic heterocycles. The Morgan fingerprint density at radius 1 is 1.50 bits per heavy atom. The van der Waals surface area contributed by atoms with Gasteiger partial charge in [-0.25, -0.2) is 4.98 Å². The Hall–Kier alpha value is -1.40. The van der Waals surface area contributed by atoms with E-state index in [-0.39, 0.29) is 0 Å². The Morgan fingerprint density at radius 2 is 2.33 bits per heavy atom. The maximum atomic E-state index is 8.59. The number of aromatic nitrogens is 1. The zero-order valence-corrected chi connectivity index (χ0v) is 7.35. The quantitative estimate of drug-likeness (QED) is 0.615. The smallest absolute Gasteiger partial charge is 0.141 e. The van der Waals surface area contributed by atoms with Crippen molar-refractivity contribution >= 4 is 21.6 Å². The van der Waals surface area contributed by atoms with Crippen LogP contribution in [-0.4, -0.2) is 4.98 Å². The van der Waals surface area contributed by atoms with Crippen LogP contribution in [0.1, 0.15) is 10.6 Å². The van der Waals surface area contributed by atoms with Crippen LogP contribution in [0.15, 0.2) is 18.2 Å². The van der Waals surface area contributed by atoms with E-state index in [0.29, 0.717) is 5.69 Å². The maximum absolute atomic E-state index is 8.59. The summed E-state index contributed by atoms with van der Waals surface area (Å²) in [6, 6.07) is 7.71. The van der Waals surface area contributed by atoms with Crippen LogP contribution < -0.4 is 0 Å². The highest BCUT2D eigenvalue weighted by atomic mass is 32.1. The molecule has 0 saturated carbocycles. The van der Waals surface area contributed by atoms with Crippen molar-refractivity contribution in [1.82, 2.24) is 4.98 Å². The Bertz CT molecular complexity index is 465. The van der Waals surface area contributed by atoms with Crippen molar-refractivity contribution in [3.05, 3.63) is 28.8 Å². The molecule has 2 heterocycles. The van der Waals surface area contributed by atoms with E-state index in [1.54, 1.807) is 17.4 Å². The molecule has 0 radical (unpaired) electrons. The molecular formula is C9H6N2S. The van der Waals surface area contributed by atoms with Crippen LogP contribution in [0.25, 0.3) is 10.2 Å². The van der Waals surface area contributed by atoms with Crippen molar-refractivity contribution in [1.29, 1.82) is 5.26 Å². The normalized spacial score (nSPS) is 10.0. The predicted molar refractivity (Wildman–Crippen MR) is 49.1 cm³/mol. The lowest BCUT2D eigenvalue weighted by Gasteiger charge is -1.87. The molecule has 0 fully saturated rings. The molecule has 0 aliphatic heterocycles. The Kier molecular flexibility index (Phi) is 1.56. The second-order valence-corrected chi connectivity index (χ2v) is 3.84. The summed E-state index contributed by atoms with van der Waals surface area (Å²) in [7, 11) is 0. The van der Waals surface area contributed by atoms with Crippen molar-refractivity contribution in [2.75, 3.05) is 0 Å². The maximum Gasteiger partial charge on any atom is 0.141 e. The summed E-state index contributed by atoms with van der Waals surface area (Å²) in [6.45, 7) is 2.04. The molecule has 0 aliphatic rings. The molecule has 12 heavy (non-hydrogen) atoms. The van der Waals surface area contributed by atoms with E-state index in [1.807, 2.05) is 25.1 Å². The van der Waals surface area contributed by atoms with Gasteiger partial charge in [-0.2, -0.15) is 5.26 Å². The molecule has 3 heteroatoms. The molecule has 0 amide bonds. The van der Waals surface area contributed by atoms with Gasteiger partial charge in [0.1, 0.15) is 11.8 Å². The fourth-order valence-corrected chi connectivity index (χ4v) is 1.97. The average molecular weight is 174 g/mol. The highest BCUT2D eigenvalue weighted by Crippen LogP contribution is 2.22. The van der Waals surface area contributed by atoms with E-state index in [1.165, 1.54) is 4.88 Å². The summed E-state index contributed by atoms with van der Waals surface area (Å²) < 4.78 is 1.14. The first-order valence-electron chi connectivity index (χ1n) is 3.57. The van der Waals surface area contributed by atoms with E-state index in [4.69, 9.17) is 5.26 Å². The van der Waals surface area contributed by atoms with Crippen LogP contribution >= 0.6 is 11.3 Å². The number of aryl methyl sites for hydroxylation is 1. The first-order chi connectivity index (χ1) is 5.79. The van der Waals surface area contributed by atoms with E-state index in [0.717, 1.165) is 10.2 Å². The third kappa shape index (κ3) is 1.06. The van der Waals surface area contributed by atoms with Gasteiger partial charge in [-0.3, -0.25) is 0 Å². The van der Waals surface area contributed by atoms with Crippen molar-refractivity contribution < 1.29 is 0 Å². The zero-order chi connectivity index (χ0) is 8.55. The van der Waals surface area contributed by atoms with Crippen molar-refractivity contribution in [3.63, 3.8) is 0 Å². The van der Waals surface area contributed by atoms with E-state index in [9.17, 15) is 0 Å². The molecule has 2 nitrogen and oxygen atoms in total. The zero-order valence-electron chi connectivity index (χ0n) is 6.53. The molecule has 0 N–H and O–H groups in total. The van der Waals surface area contributed by atoms with E-state index >= 15 is 0 Å². The molecule has 0 bridgehead atoms. The SMILES string of the molecule is Cc1cc2nc(C#N)ccc2s1. The summed E-state index contributed by atoms with van der Waals surface area (Å²) >= 11 is 1.70. The van der Waals surface area contributed by atoms with Gasteiger partial charge >= 0.3 is 0 Å². The van der Waals surface area contributed by atoms with Gasteiger partial charge in [0.25, 0.3) is 0 Å². The first kappa shape index (κ1) is 7.26. The summed E-state index contributed by atoms with van der Waals surface area (Å²) in [5.41, 5.74) is 1.41. The average Bonchev–Trinajstić information content (AvgIpc) is 2.43. The van der Waals surface area contributed by atoms with Gasteiger partial charge in [-0.1, -0.05) is 0 Å². The number of fused-ring (bicyclic) bond motifs is 1. The summed E-state index contributed by atoms with van der Waals surface area (Å²) in [5, 5.41) is 8.59. The van der Waals surface area contributed by atoms with Crippen LogP contribution in [0.4, 0.5) is 0 Å². The Balaban J connectivity index is 2.77. The number of rotatable bonds is 0. The number of nitrogens with zero attached hydrogens (tertiary/aromatic N) is 2. The molecule has 58 valence electrons. The molecule has 0 spiro atoms. The molecule has 2 aromatic rings. The molecular weight excluding hydrogens is 168 g/mol.